The van der Waals surface area contributed by atoms with Crippen LogP contribution in [-0.4, -0.2) is 4.57 Å². The van der Waals surface area contributed by atoms with Gasteiger partial charge < -0.3 is 9.47 Å². The fourth-order valence-electron chi connectivity index (χ4n) is 10.5. The second kappa shape index (κ2) is 16.5. The molecule has 0 bridgehead atoms. The smallest absolute Gasteiger partial charge is 0.0619 e. The van der Waals surface area contributed by atoms with Gasteiger partial charge >= 0.3 is 0 Å². The zero-order valence-electron chi connectivity index (χ0n) is 37.3. The van der Waals surface area contributed by atoms with Crippen LogP contribution in [0.3, 0.4) is 0 Å². The lowest BCUT2D eigenvalue weighted by Gasteiger charge is -2.28. The van der Waals surface area contributed by atoms with Crippen LogP contribution in [0.2, 0.25) is 0 Å². The highest BCUT2D eigenvalue weighted by atomic mass is 15.1. The van der Waals surface area contributed by atoms with Crippen molar-refractivity contribution in [3.8, 4) is 50.2 Å². The van der Waals surface area contributed by atoms with Crippen LogP contribution in [0.15, 0.2) is 267 Å². The Labute approximate surface area is 395 Å². The predicted molar refractivity (Wildman–Crippen MR) is 290 cm³/mol. The van der Waals surface area contributed by atoms with Gasteiger partial charge in [-0.2, -0.15) is 0 Å². The second-order valence-electron chi connectivity index (χ2n) is 17.7. The SMILES string of the molecule is c1ccc(-c2cccc(N(c3ccc(-c4cc(-n5c6ccccc6c6ccc7ccccc7c65)ccc4-c4ccccc4)cc3)c3ccc(-c4ccc5ccccc5c4)c4ccccc34)c2)cc1. The first kappa shape index (κ1) is 39.4. The number of nitrogens with zero attached hydrogens (tertiary/aromatic N) is 2. The molecular weight excluding hydrogens is 821 g/mol. The number of hydrogen-bond donors (Lipinski definition) is 0. The molecule has 318 valence electrons. The van der Waals surface area contributed by atoms with Gasteiger partial charge in [-0.05, 0) is 121 Å². The van der Waals surface area contributed by atoms with Crippen LogP contribution < -0.4 is 4.90 Å². The van der Waals surface area contributed by atoms with Crippen LogP contribution in [-0.2, 0) is 0 Å². The third kappa shape index (κ3) is 6.73. The van der Waals surface area contributed by atoms with Gasteiger partial charge in [0.15, 0.2) is 0 Å². The molecule has 68 heavy (non-hydrogen) atoms. The molecule has 0 aliphatic rings. The average Bonchev–Trinajstić information content (AvgIpc) is 3.76. The zero-order valence-corrected chi connectivity index (χ0v) is 37.3. The van der Waals surface area contributed by atoms with Crippen LogP contribution in [0.4, 0.5) is 17.1 Å². The maximum Gasteiger partial charge on any atom is 0.0619 e. The summed E-state index contributed by atoms with van der Waals surface area (Å²) in [6, 6.07) is 97.6. The summed E-state index contributed by atoms with van der Waals surface area (Å²) < 4.78 is 2.47. The van der Waals surface area contributed by atoms with Gasteiger partial charge in [-0.15, -0.1) is 0 Å². The Morgan fingerprint density at radius 1 is 0.265 bits per heavy atom. The molecule has 12 aromatic carbocycles. The molecule has 0 N–H and O–H groups in total. The first-order valence-electron chi connectivity index (χ1n) is 23.4. The number of fused-ring (bicyclic) bond motifs is 7. The van der Waals surface area contributed by atoms with E-state index >= 15 is 0 Å². The standard InChI is InChI=1S/C66H44N2/c1-3-16-45(17-4-1)51-23-15-24-54(43-51)67(65-41-40-57(59-26-11-12-27-60(59)65)52-31-30-46-18-7-8-22-50(46)42-52)53-35-32-49(33-36-53)63-44-55(37-39-56(63)47-19-5-2-6-20-47)68-64-29-14-13-28-61(64)62-38-34-48-21-9-10-25-58(48)66(62)68/h1-44H. The molecule has 2 nitrogen and oxygen atoms in total. The third-order valence-corrected chi connectivity index (χ3v) is 13.8. The minimum atomic E-state index is 1.08. The molecule has 13 aromatic rings. The number of anilines is 3. The lowest BCUT2D eigenvalue weighted by molar-refractivity contribution is 1.19. The Balaban J connectivity index is 0.992. The largest absolute Gasteiger partial charge is 0.310 e. The van der Waals surface area contributed by atoms with Crippen LogP contribution in [0.25, 0.3) is 104 Å². The summed E-state index contributed by atoms with van der Waals surface area (Å²) in [5.41, 5.74) is 16.3. The topological polar surface area (TPSA) is 8.17 Å². The van der Waals surface area contributed by atoms with Crippen molar-refractivity contribution in [3.63, 3.8) is 0 Å². The van der Waals surface area contributed by atoms with Crippen molar-refractivity contribution in [2.75, 3.05) is 4.90 Å². The summed E-state index contributed by atoms with van der Waals surface area (Å²) in [4.78, 5) is 2.43. The normalized spacial score (nSPS) is 11.5. The maximum atomic E-state index is 2.47. The molecule has 1 aromatic heterocycles. The van der Waals surface area contributed by atoms with E-state index in [2.05, 4.69) is 276 Å². The first-order valence-corrected chi connectivity index (χ1v) is 23.4. The Hall–Kier alpha value is -8.98. The van der Waals surface area contributed by atoms with Gasteiger partial charge in [0.1, 0.15) is 0 Å². The molecule has 1 heterocycles. The van der Waals surface area contributed by atoms with Crippen molar-refractivity contribution in [2.24, 2.45) is 0 Å². The van der Waals surface area contributed by atoms with E-state index in [-0.39, 0.29) is 0 Å². The summed E-state index contributed by atoms with van der Waals surface area (Å²) in [5.74, 6) is 0. The molecule has 0 aliphatic carbocycles. The van der Waals surface area contributed by atoms with E-state index in [0.717, 1.165) is 28.3 Å². The van der Waals surface area contributed by atoms with Crippen LogP contribution in [0.1, 0.15) is 0 Å². The summed E-state index contributed by atoms with van der Waals surface area (Å²) in [5, 5.41) is 9.86. The van der Waals surface area contributed by atoms with E-state index in [0.29, 0.717) is 0 Å². The highest BCUT2D eigenvalue weighted by Gasteiger charge is 2.21. The molecule has 0 saturated carbocycles. The molecule has 0 fully saturated rings. The van der Waals surface area contributed by atoms with Crippen molar-refractivity contribution >= 4 is 71.2 Å². The highest BCUT2D eigenvalue weighted by molar-refractivity contribution is 6.18. The summed E-state index contributed by atoms with van der Waals surface area (Å²) in [6.07, 6.45) is 0. The van der Waals surface area contributed by atoms with Crippen molar-refractivity contribution in [1.82, 2.24) is 4.57 Å². The van der Waals surface area contributed by atoms with Gasteiger partial charge in [0.25, 0.3) is 0 Å². The van der Waals surface area contributed by atoms with E-state index in [4.69, 9.17) is 0 Å². The molecule has 0 amide bonds. The van der Waals surface area contributed by atoms with Crippen molar-refractivity contribution in [1.29, 1.82) is 0 Å². The van der Waals surface area contributed by atoms with Crippen molar-refractivity contribution < 1.29 is 0 Å². The van der Waals surface area contributed by atoms with Gasteiger partial charge in [0.05, 0.1) is 16.7 Å². The van der Waals surface area contributed by atoms with Crippen LogP contribution in [0, 0.1) is 0 Å². The van der Waals surface area contributed by atoms with Gasteiger partial charge in [-0.3, -0.25) is 0 Å². The number of hydrogen-bond acceptors (Lipinski definition) is 1. The molecule has 13 rings (SSSR count). The lowest BCUT2D eigenvalue weighted by Crippen LogP contribution is -2.11. The monoisotopic (exact) mass is 864 g/mol. The predicted octanol–water partition coefficient (Wildman–Crippen LogP) is 18.4. The Morgan fingerprint density at radius 2 is 0.868 bits per heavy atom. The summed E-state index contributed by atoms with van der Waals surface area (Å²) in [7, 11) is 0. The van der Waals surface area contributed by atoms with E-state index < -0.39 is 0 Å². The fourth-order valence-corrected chi connectivity index (χ4v) is 10.5. The number of para-hydroxylation sites is 1. The Kier molecular flexibility index (Phi) is 9.54. The van der Waals surface area contributed by atoms with Crippen LogP contribution >= 0.6 is 0 Å². The van der Waals surface area contributed by atoms with Gasteiger partial charge in [0, 0.05) is 38.6 Å². The van der Waals surface area contributed by atoms with E-state index in [1.807, 2.05) is 0 Å². The van der Waals surface area contributed by atoms with Gasteiger partial charge in [-0.1, -0.05) is 212 Å². The number of aromatic nitrogens is 1. The van der Waals surface area contributed by atoms with Gasteiger partial charge in [0.2, 0.25) is 0 Å². The fraction of sp³-hybridized carbons (Fsp3) is 0. The molecule has 0 radical (unpaired) electrons. The summed E-state index contributed by atoms with van der Waals surface area (Å²) in [6.45, 7) is 0. The lowest BCUT2D eigenvalue weighted by atomic mass is 9.93. The van der Waals surface area contributed by atoms with E-state index in [1.54, 1.807) is 0 Å². The number of benzene rings is 12. The molecule has 0 unspecified atom stereocenters. The minimum Gasteiger partial charge on any atom is -0.310 e. The maximum absolute atomic E-state index is 2.47. The molecule has 0 saturated heterocycles. The Bertz CT molecular complexity index is 4020. The van der Waals surface area contributed by atoms with E-state index in [1.165, 1.54) is 93.1 Å². The molecule has 0 atom stereocenters. The van der Waals surface area contributed by atoms with E-state index in [9.17, 15) is 0 Å². The van der Waals surface area contributed by atoms with Crippen molar-refractivity contribution in [2.45, 2.75) is 0 Å². The molecule has 0 spiro atoms. The molecule has 2 heteroatoms. The van der Waals surface area contributed by atoms with Crippen LogP contribution in [0.5, 0.6) is 0 Å². The molecular formula is C66H44N2. The number of rotatable bonds is 8. The minimum absolute atomic E-state index is 1.08. The highest BCUT2D eigenvalue weighted by Crippen LogP contribution is 2.45. The van der Waals surface area contributed by atoms with Crippen molar-refractivity contribution in [3.05, 3.63) is 267 Å². The summed E-state index contributed by atoms with van der Waals surface area (Å²) >= 11 is 0. The Morgan fingerprint density at radius 3 is 1.68 bits per heavy atom. The first-order chi connectivity index (χ1) is 33.7. The quantitative estimate of drug-likeness (QED) is 0.148. The van der Waals surface area contributed by atoms with Gasteiger partial charge in [-0.25, -0.2) is 0 Å². The average molecular weight is 865 g/mol. The molecule has 0 aliphatic heterocycles. The second-order valence-corrected chi connectivity index (χ2v) is 17.7. The third-order valence-electron chi connectivity index (χ3n) is 13.8. The zero-order chi connectivity index (χ0) is 45.0.